The van der Waals surface area contributed by atoms with Crippen LogP contribution in [0.2, 0.25) is 0 Å². The fourth-order valence-electron chi connectivity index (χ4n) is 1.64. The van der Waals surface area contributed by atoms with E-state index in [2.05, 4.69) is 24.1 Å². The molecule has 0 radical (unpaired) electrons. The fourth-order valence-corrected chi connectivity index (χ4v) is 1.81. The van der Waals surface area contributed by atoms with Crippen LogP contribution < -0.4 is 4.90 Å². The second kappa shape index (κ2) is 6.78. The Hall–Kier alpha value is -2.25. The summed E-state index contributed by atoms with van der Waals surface area (Å²) in [5.74, 6) is 5.01. The van der Waals surface area contributed by atoms with Crippen molar-refractivity contribution in [3.63, 3.8) is 0 Å². The van der Waals surface area contributed by atoms with Crippen molar-refractivity contribution in [2.24, 2.45) is 0 Å². The van der Waals surface area contributed by atoms with E-state index in [1.54, 1.807) is 42.5 Å². The van der Waals surface area contributed by atoms with Crippen molar-refractivity contribution in [2.75, 3.05) is 11.4 Å². The van der Waals surface area contributed by atoms with Gasteiger partial charge in [0.25, 0.3) is 5.24 Å². The lowest BCUT2D eigenvalue weighted by molar-refractivity contribution is 0.624. The number of hydrogen-bond acceptors (Lipinski definition) is 1. The van der Waals surface area contributed by atoms with E-state index in [4.69, 9.17) is 0 Å². The number of para-hydroxylation sites is 1. The van der Waals surface area contributed by atoms with Gasteiger partial charge in [0.05, 0.1) is 12.1 Å². The van der Waals surface area contributed by atoms with Gasteiger partial charge in [0.15, 0.2) is 0 Å². The van der Waals surface area contributed by atoms with Gasteiger partial charge in [-0.25, -0.2) is 4.39 Å². The van der Waals surface area contributed by atoms with Crippen LogP contribution in [-0.4, -0.2) is 11.8 Å². The lowest BCUT2D eigenvalue weighted by atomic mass is 10.2. The molecular weight excluding hydrogens is 276 g/mol. The summed E-state index contributed by atoms with van der Waals surface area (Å²) in [5.41, 5.74) is 0.896. The molecule has 0 saturated heterocycles. The summed E-state index contributed by atoms with van der Waals surface area (Å²) >= 11 is 4.57. The summed E-state index contributed by atoms with van der Waals surface area (Å²) in [6, 6.07) is 15.0. The van der Waals surface area contributed by atoms with Gasteiger partial charge in [-0.05, 0) is 36.5 Å². The van der Waals surface area contributed by atoms with Crippen LogP contribution in [0, 0.1) is 17.7 Å². The van der Waals surface area contributed by atoms with Gasteiger partial charge in [0.1, 0.15) is 5.82 Å². The third kappa shape index (κ3) is 3.62. The van der Waals surface area contributed by atoms with E-state index in [-0.39, 0.29) is 12.1 Å². The topological polar surface area (TPSA) is 3.24 Å². The molecule has 0 unspecified atom stereocenters. The number of anilines is 1. The van der Waals surface area contributed by atoms with Crippen molar-refractivity contribution in [1.29, 1.82) is 0 Å². The summed E-state index contributed by atoms with van der Waals surface area (Å²) < 4.78 is 26.8. The predicted molar refractivity (Wildman–Crippen MR) is 80.8 cm³/mol. The van der Waals surface area contributed by atoms with Gasteiger partial charge in [-0.1, -0.05) is 42.2 Å². The maximum absolute atomic E-state index is 13.4. The molecule has 0 aliphatic heterocycles. The minimum Gasteiger partial charge on any atom is -0.297 e. The van der Waals surface area contributed by atoms with Gasteiger partial charge in [-0.3, -0.25) is 4.90 Å². The van der Waals surface area contributed by atoms with E-state index in [0.29, 0.717) is 5.69 Å². The standard InChI is InChI=1S/C16H11F2NS/c17-15-11-5-4-7-13(15)8-6-12-19(16(18)20)14-9-2-1-3-10-14/h1-5,7,9-11H,12H2. The van der Waals surface area contributed by atoms with Crippen molar-refractivity contribution in [2.45, 2.75) is 0 Å². The molecule has 0 amide bonds. The Bertz CT molecular complexity index is 659. The normalized spacial score (nSPS) is 9.50. The Morgan fingerprint density at radius 1 is 1.05 bits per heavy atom. The zero-order chi connectivity index (χ0) is 14.4. The SMILES string of the molecule is FC(=S)N(CC#Cc1ccccc1F)c1ccccc1. The molecule has 1 nitrogen and oxygen atoms in total. The van der Waals surface area contributed by atoms with Crippen LogP contribution in [0.25, 0.3) is 0 Å². The van der Waals surface area contributed by atoms with Crippen LogP contribution in [-0.2, 0) is 0 Å². The Kier molecular flexibility index (Phi) is 4.80. The second-order valence-electron chi connectivity index (χ2n) is 3.96. The van der Waals surface area contributed by atoms with Crippen molar-refractivity contribution >= 4 is 23.1 Å². The number of rotatable bonds is 2. The average molecular weight is 287 g/mol. The number of hydrogen-bond donors (Lipinski definition) is 0. The van der Waals surface area contributed by atoms with Gasteiger partial charge >= 0.3 is 0 Å². The Morgan fingerprint density at radius 2 is 1.70 bits per heavy atom. The molecule has 100 valence electrons. The van der Waals surface area contributed by atoms with E-state index in [1.807, 2.05) is 6.07 Å². The molecule has 0 atom stereocenters. The van der Waals surface area contributed by atoms with Crippen LogP contribution in [0.4, 0.5) is 14.5 Å². The van der Waals surface area contributed by atoms with Gasteiger partial charge in [0.2, 0.25) is 0 Å². The molecule has 0 bridgehead atoms. The Labute approximate surface area is 121 Å². The highest BCUT2D eigenvalue weighted by Gasteiger charge is 2.09. The predicted octanol–water partition coefficient (Wildman–Crippen LogP) is 3.94. The molecule has 0 aromatic heterocycles. The monoisotopic (exact) mass is 287 g/mol. The van der Waals surface area contributed by atoms with Crippen LogP contribution >= 0.6 is 12.2 Å². The van der Waals surface area contributed by atoms with Crippen molar-refractivity contribution < 1.29 is 8.78 Å². The van der Waals surface area contributed by atoms with Gasteiger partial charge in [-0.2, -0.15) is 4.39 Å². The first-order valence-electron chi connectivity index (χ1n) is 5.94. The fraction of sp³-hybridized carbons (Fsp3) is 0.0625. The van der Waals surface area contributed by atoms with E-state index in [9.17, 15) is 8.78 Å². The molecule has 0 spiro atoms. The van der Waals surface area contributed by atoms with E-state index >= 15 is 0 Å². The molecule has 20 heavy (non-hydrogen) atoms. The van der Waals surface area contributed by atoms with Crippen LogP contribution in [0.1, 0.15) is 5.56 Å². The second-order valence-corrected chi connectivity index (χ2v) is 4.29. The first-order chi connectivity index (χ1) is 9.68. The summed E-state index contributed by atoms with van der Waals surface area (Å²) in [6.07, 6.45) is 0. The van der Waals surface area contributed by atoms with Crippen LogP contribution in [0.15, 0.2) is 54.6 Å². The molecule has 0 fully saturated rings. The Morgan fingerprint density at radius 3 is 2.35 bits per heavy atom. The molecule has 4 heteroatoms. The number of thiocarbonyl (C=S) groups is 1. The van der Waals surface area contributed by atoms with Gasteiger partial charge in [0, 0.05) is 5.69 Å². The quantitative estimate of drug-likeness (QED) is 0.356. The molecule has 0 saturated carbocycles. The zero-order valence-corrected chi connectivity index (χ0v) is 11.3. The van der Waals surface area contributed by atoms with E-state index in [1.165, 1.54) is 11.0 Å². The first kappa shape index (κ1) is 14.2. The molecule has 2 rings (SSSR count). The minimum absolute atomic E-state index is 0.0632. The van der Waals surface area contributed by atoms with E-state index in [0.717, 1.165) is 0 Å². The molecule has 0 aliphatic rings. The largest absolute Gasteiger partial charge is 0.297 e. The first-order valence-corrected chi connectivity index (χ1v) is 6.35. The molecule has 0 N–H and O–H groups in total. The van der Waals surface area contributed by atoms with Crippen LogP contribution in [0.3, 0.4) is 0 Å². The summed E-state index contributed by atoms with van der Waals surface area (Å²) in [5, 5.41) is -0.765. The van der Waals surface area contributed by atoms with Crippen molar-refractivity contribution in [3.05, 3.63) is 66.0 Å². The molecule has 2 aromatic rings. The average Bonchev–Trinajstić information content (AvgIpc) is 2.46. The van der Waals surface area contributed by atoms with Crippen molar-refractivity contribution in [1.82, 2.24) is 0 Å². The molecule has 0 heterocycles. The highest BCUT2D eigenvalue weighted by Crippen LogP contribution is 2.14. The summed E-state index contributed by atoms with van der Waals surface area (Å²) in [7, 11) is 0. The summed E-state index contributed by atoms with van der Waals surface area (Å²) in [4.78, 5) is 1.25. The number of benzene rings is 2. The summed E-state index contributed by atoms with van der Waals surface area (Å²) in [6.45, 7) is 0.0632. The zero-order valence-electron chi connectivity index (χ0n) is 10.5. The van der Waals surface area contributed by atoms with Gasteiger partial charge in [-0.15, -0.1) is 0 Å². The highest BCUT2D eigenvalue weighted by atomic mass is 32.1. The minimum atomic E-state index is -0.765. The third-order valence-corrected chi connectivity index (χ3v) is 2.83. The number of nitrogens with zero attached hydrogens (tertiary/aromatic N) is 1. The highest BCUT2D eigenvalue weighted by molar-refractivity contribution is 7.80. The number of halogens is 2. The lowest BCUT2D eigenvalue weighted by Gasteiger charge is -2.17. The van der Waals surface area contributed by atoms with E-state index < -0.39 is 11.1 Å². The maximum atomic E-state index is 13.4. The smallest absolute Gasteiger partial charge is 0.260 e. The molecular formula is C16H11F2NS. The third-order valence-electron chi connectivity index (χ3n) is 2.61. The lowest BCUT2D eigenvalue weighted by Crippen LogP contribution is -2.26. The van der Waals surface area contributed by atoms with Crippen LogP contribution in [0.5, 0.6) is 0 Å². The maximum Gasteiger partial charge on any atom is 0.260 e. The van der Waals surface area contributed by atoms with Crippen molar-refractivity contribution in [3.8, 4) is 11.8 Å². The molecule has 0 aliphatic carbocycles. The Balaban J connectivity index is 2.16. The molecule has 2 aromatic carbocycles. The van der Waals surface area contributed by atoms with Gasteiger partial charge < -0.3 is 0 Å².